The fourth-order valence-corrected chi connectivity index (χ4v) is 3.23. The first-order valence-corrected chi connectivity index (χ1v) is 9.34. The van der Waals surface area contributed by atoms with Gasteiger partial charge >= 0.3 is 0 Å². The fraction of sp³-hybridized carbons (Fsp3) is 0.391. The Morgan fingerprint density at radius 3 is 2.30 bits per heavy atom. The second kappa shape index (κ2) is 8.38. The van der Waals surface area contributed by atoms with Crippen molar-refractivity contribution >= 4 is 23.2 Å². The molecule has 0 aliphatic heterocycles. The molecule has 1 N–H and O–H groups in total. The molecule has 0 saturated carbocycles. The molecule has 0 radical (unpaired) electrons. The van der Waals surface area contributed by atoms with Crippen LogP contribution in [0, 0.1) is 13.8 Å². The van der Waals surface area contributed by atoms with E-state index in [1.807, 2.05) is 56.3 Å². The summed E-state index contributed by atoms with van der Waals surface area (Å²) >= 11 is 0. The maximum atomic E-state index is 12.5. The molecule has 2 aromatic rings. The van der Waals surface area contributed by atoms with Crippen LogP contribution in [0.3, 0.4) is 0 Å². The summed E-state index contributed by atoms with van der Waals surface area (Å²) in [7, 11) is 0. The lowest BCUT2D eigenvalue weighted by atomic mass is 9.86. The predicted molar refractivity (Wildman–Crippen MR) is 112 cm³/mol. The lowest BCUT2D eigenvalue weighted by Crippen LogP contribution is -2.32. The summed E-state index contributed by atoms with van der Waals surface area (Å²) in [5, 5.41) is 3.01. The van der Waals surface area contributed by atoms with Crippen molar-refractivity contribution in [3.8, 4) is 0 Å². The lowest BCUT2D eigenvalue weighted by Gasteiger charge is -2.25. The lowest BCUT2D eigenvalue weighted by molar-refractivity contribution is -0.117. The van der Waals surface area contributed by atoms with Gasteiger partial charge in [-0.05, 0) is 42.5 Å². The standard InChI is InChI=1S/C23H30N2O2/c1-16-11-12-21(17(2)15-16)25(18(3)26)14-13-22(27)24-20-10-8-7-9-19(20)23(4,5)6/h7-12,15H,13-14H2,1-6H3,(H,24,27). The number of hydrogen-bond acceptors (Lipinski definition) is 2. The van der Waals surface area contributed by atoms with E-state index in [9.17, 15) is 9.59 Å². The van der Waals surface area contributed by atoms with Crippen molar-refractivity contribution in [3.63, 3.8) is 0 Å². The van der Waals surface area contributed by atoms with Crippen molar-refractivity contribution in [1.82, 2.24) is 0 Å². The molecule has 0 aliphatic rings. The molecule has 2 rings (SSSR count). The average molecular weight is 367 g/mol. The number of aryl methyl sites for hydroxylation is 2. The third-order valence-corrected chi connectivity index (χ3v) is 4.59. The molecule has 0 bridgehead atoms. The molecular weight excluding hydrogens is 336 g/mol. The largest absolute Gasteiger partial charge is 0.326 e. The monoisotopic (exact) mass is 366 g/mol. The zero-order valence-electron chi connectivity index (χ0n) is 17.2. The van der Waals surface area contributed by atoms with Crippen LogP contribution in [0.2, 0.25) is 0 Å². The van der Waals surface area contributed by atoms with E-state index >= 15 is 0 Å². The van der Waals surface area contributed by atoms with Gasteiger partial charge in [0, 0.05) is 31.3 Å². The van der Waals surface area contributed by atoms with Crippen LogP contribution in [0.25, 0.3) is 0 Å². The van der Waals surface area contributed by atoms with E-state index in [-0.39, 0.29) is 23.7 Å². The molecule has 0 spiro atoms. The molecule has 4 heteroatoms. The summed E-state index contributed by atoms with van der Waals surface area (Å²) in [5.74, 6) is -0.160. The molecule has 0 fully saturated rings. The Labute approximate surface area is 162 Å². The Kier molecular flexibility index (Phi) is 6.42. The summed E-state index contributed by atoms with van der Waals surface area (Å²) in [4.78, 5) is 26.3. The van der Waals surface area contributed by atoms with Gasteiger partial charge in [0.05, 0.1) is 0 Å². The fourth-order valence-electron chi connectivity index (χ4n) is 3.23. The van der Waals surface area contributed by atoms with Gasteiger partial charge < -0.3 is 10.2 Å². The number of hydrogen-bond donors (Lipinski definition) is 1. The number of carbonyl (C=O) groups excluding carboxylic acids is 2. The number of benzene rings is 2. The van der Waals surface area contributed by atoms with Crippen molar-refractivity contribution in [1.29, 1.82) is 0 Å². The molecule has 0 aromatic heterocycles. The quantitative estimate of drug-likeness (QED) is 0.811. The Morgan fingerprint density at radius 1 is 1.04 bits per heavy atom. The Bertz CT molecular complexity index is 835. The maximum Gasteiger partial charge on any atom is 0.226 e. The van der Waals surface area contributed by atoms with Crippen molar-refractivity contribution in [2.75, 3.05) is 16.8 Å². The highest BCUT2D eigenvalue weighted by atomic mass is 16.2. The number of nitrogens with zero attached hydrogens (tertiary/aromatic N) is 1. The molecule has 27 heavy (non-hydrogen) atoms. The molecule has 0 unspecified atom stereocenters. The van der Waals surface area contributed by atoms with Gasteiger partial charge in [-0.2, -0.15) is 0 Å². The van der Waals surface area contributed by atoms with Crippen LogP contribution in [-0.4, -0.2) is 18.4 Å². The smallest absolute Gasteiger partial charge is 0.226 e. The topological polar surface area (TPSA) is 49.4 Å². The van der Waals surface area contributed by atoms with Gasteiger partial charge in [0.2, 0.25) is 11.8 Å². The first kappa shape index (κ1) is 20.7. The summed E-state index contributed by atoms with van der Waals surface area (Å²) < 4.78 is 0. The van der Waals surface area contributed by atoms with E-state index < -0.39 is 0 Å². The van der Waals surface area contributed by atoms with E-state index in [1.54, 1.807) is 4.90 Å². The number of para-hydroxylation sites is 1. The van der Waals surface area contributed by atoms with E-state index in [0.717, 1.165) is 28.1 Å². The molecular formula is C23H30N2O2. The SMILES string of the molecule is CC(=O)N(CCC(=O)Nc1ccccc1C(C)(C)C)c1ccc(C)cc1C. The highest BCUT2D eigenvalue weighted by Gasteiger charge is 2.20. The van der Waals surface area contributed by atoms with Gasteiger partial charge in [-0.3, -0.25) is 9.59 Å². The second-order valence-corrected chi connectivity index (χ2v) is 8.05. The van der Waals surface area contributed by atoms with Crippen molar-refractivity contribution < 1.29 is 9.59 Å². The van der Waals surface area contributed by atoms with Gasteiger partial charge in [0.25, 0.3) is 0 Å². The Morgan fingerprint density at radius 2 is 1.70 bits per heavy atom. The number of rotatable bonds is 5. The van der Waals surface area contributed by atoms with Crippen LogP contribution in [0.15, 0.2) is 42.5 Å². The van der Waals surface area contributed by atoms with Crippen LogP contribution >= 0.6 is 0 Å². The molecule has 0 heterocycles. The van der Waals surface area contributed by atoms with Gasteiger partial charge in [-0.1, -0.05) is 56.7 Å². The molecule has 0 saturated heterocycles. The molecule has 4 nitrogen and oxygen atoms in total. The van der Waals surface area contributed by atoms with Crippen molar-refractivity contribution in [3.05, 3.63) is 59.2 Å². The van der Waals surface area contributed by atoms with E-state index in [4.69, 9.17) is 0 Å². The highest BCUT2D eigenvalue weighted by Crippen LogP contribution is 2.29. The molecule has 2 aromatic carbocycles. The van der Waals surface area contributed by atoms with Gasteiger partial charge in [-0.25, -0.2) is 0 Å². The van der Waals surface area contributed by atoms with Crippen molar-refractivity contribution in [2.24, 2.45) is 0 Å². The third-order valence-electron chi connectivity index (χ3n) is 4.59. The molecule has 144 valence electrons. The van der Waals surface area contributed by atoms with Crippen LogP contribution in [0.5, 0.6) is 0 Å². The number of amides is 2. The predicted octanol–water partition coefficient (Wildman–Crippen LogP) is 4.98. The molecule has 2 amide bonds. The molecule has 0 atom stereocenters. The average Bonchev–Trinajstić information content (AvgIpc) is 2.56. The van der Waals surface area contributed by atoms with Crippen molar-refractivity contribution in [2.45, 2.75) is 53.4 Å². The zero-order valence-corrected chi connectivity index (χ0v) is 17.2. The van der Waals surface area contributed by atoms with Gasteiger partial charge in [-0.15, -0.1) is 0 Å². The maximum absolute atomic E-state index is 12.5. The highest BCUT2D eigenvalue weighted by molar-refractivity contribution is 5.95. The minimum atomic E-state index is -0.0947. The minimum Gasteiger partial charge on any atom is -0.326 e. The third kappa shape index (κ3) is 5.43. The normalized spacial score (nSPS) is 11.2. The van der Waals surface area contributed by atoms with Crippen LogP contribution < -0.4 is 10.2 Å². The van der Waals surface area contributed by atoms with Gasteiger partial charge in [0.1, 0.15) is 0 Å². The second-order valence-electron chi connectivity index (χ2n) is 8.05. The summed E-state index contributed by atoms with van der Waals surface area (Å²) in [5.41, 5.74) is 4.90. The first-order valence-electron chi connectivity index (χ1n) is 9.34. The summed E-state index contributed by atoms with van der Waals surface area (Å²) in [6.07, 6.45) is 0.241. The summed E-state index contributed by atoms with van der Waals surface area (Å²) in [6.45, 7) is 12.3. The van der Waals surface area contributed by atoms with Crippen LogP contribution in [0.4, 0.5) is 11.4 Å². The van der Waals surface area contributed by atoms with E-state index in [0.29, 0.717) is 6.54 Å². The zero-order chi connectivity index (χ0) is 20.2. The van der Waals surface area contributed by atoms with Gasteiger partial charge in [0.15, 0.2) is 0 Å². The van der Waals surface area contributed by atoms with E-state index in [1.165, 1.54) is 6.92 Å². The Hall–Kier alpha value is -2.62. The molecule has 0 aliphatic carbocycles. The number of carbonyl (C=O) groups is 2. The first-order chi connectivity index (χ1) is 12.6. The summed E-state index contributed by atoms with van der Waals surface area (Å²) in [6, 6.07) is 13.8. The van der Waals surface area contributed by atoms with Crippen LogP contribution in [-0.2, 0) is 15.0 Å². The van der Waals surface area contributed by atoms with Crippen LogP contribution in [0.1, 0.15) is 50.8 Å². The van der Waals surface area contributed by atoms with E-state index in [2.05, 4.69) is 26.1 Å². The Balaban J connectivity index is 2.11. The number of anilines is 2. The minimum absolute atomic E-state index is 0.0612. The number of nitrogens with one attached hydrogen (secondary N) is 1.